The molecule has 20 heavy (non-hydrogen) atoms. The highest BCUT2D eigenvalue weighted by atomic mass is 16.5. The summed E-state index contributed by atoms with van der Waals surface area (Å²) in [6.45, 7) is 2.01. The predicted molar refractivity (Wildman–Crippen MR) is 77.9 cm³/mol. The minimum Gasteiger partial charge on any atom is -0.497 e. The van der Waals surface area contributed by atoms with Gasteiger partial charge in [-0.15, -0.1) is 0 Å². The number of rotatable bonds is 3. The summed E-state index contributed by atoms with van der Waals surface area (Å²) < 4.78 is 5.21. The number of likely N-dealkylation sites (tertiary alicyclic amines) is 2. The number of hydrogen-bond acceptors (Lipinski definition) is 3. The largest absolute Gasteiger partial charge is 0.497 e. The van der Waals surface area contributed by atoms with Crippen LogP contribution in [0.5, 0.6) is 5.75 Å². The van der Waals surface area contributed by atoms with Gasteiger partial charge in [0.2, 0.25) is 5.91 Å². The smallest absolute Gasteiger partial charge is 0.227 e. The number of likely N-dealkylation sites (N-methyl/N-ethyl adjacent to an activating group) is 1. The second-order valence-electron chi connectivity index (χ2n) is 5.81. The molecule has 108 valence electrons. The molecule has 0 bridgehead atoms. The number of fused-ring (bicyclic) bond motifs is 1. The van der Waals surface area contributed by atoms with Gasteiger partial charge in [0, 0.05) is 25.2 Å². The number of carbonyl (C=O) groups excluding carboxylic acids is 1. The summed E-state index contributed by atoms with van der Waals surface area (Å²) in [5, 5.41) is 0. The highest BCUT2D eigenvalue weighted by Gasteiger charge is 2.42. The Morgan fingerprint density at radius 3 is 2.90 bits per heavy atom. The average Bonchev–Trinajstić information content (AvgIpc) is 3.02. The topological polar surface area (TPSA) is 32.8 Å². The van der Waals surface area contributed by atoms with Gasteiger partial charge in [0.05, 0.1) is 13.5 Å². The number of hydrogen-bond donors (Lipinski definition) is 0. The van der Waals surface area contributed by atoms with Crippen LogP contribution in [0.25, 0.3) is 0 Å². The van der Waals surface area contributed by atoms with Crippen molar-refractivity contribution < 1.29 is 9.53 Å². The number of methoxy groups -OCH3 is 1. The van der Waals surface area contributed by atoms with Crippen LogP contribution < -0.4 is 4.74 Å². The molecule has 0 aliphatic carbocycles. The third kappa shape index (κ3) is 2.40. The molecule has 2 fully saturated rings. The summed E-state index contributed by atoms with van der Waals surface area (Å²) in [5.41, 5.74) is 1.03. The molecular formula is C16H22N2O2. The molecule has 1 aromatic carbocycles. The van der Waals surface area contributed by atoms with Crippen LogP contribution in [0.4, 0.5) is 0 Å². The SMILES string of the molecule is COc1cccc(CC(=O)N2CC[C@H]3[C@H]2CCN3C)c1. The van der Waals surface area contributed by atoms with Gasteiger partial charge in [-0.1, -0.05) is 12.1 Å². The summed E-state index contributed by atoms with van der Waals surface area (Å²) in [6.07, 6.45) is 2.71. The third-order valence-electron chi connectivity index (χ3n) is 4.66. The van der Waals surface area contributed by atoms with Crippen molar-refractivity contribution in [3.63, 3.8) is 0 Å². The minimum absolute atomic E-state index is 0.251. The van der Waals surface area contributed by atoms with E-state index >= 15 is 0 Å². The van der Waals surface area contributed by atoms with E-state index in [0.29, 0.717) is 18.5 Å². The van der Waals surface area contributed by atoms with E-state index in [4.69, 9.17) is 4.74 Å². The molecule has 3 rings (SSSR count). The number of ether oxygens (including phenoxy) is 1. The standard InChI is InChI=1S/C16H22N2O2/c1-17-8-6-15-14(17)7-9-18(15)16(19)11-12-4-3-5-13(10-12)20-2/h3-5,10,14-15H,6-9,11H2,1-2H3/t14-,15+/m0/s1. The van der Waals surface area contributed by atoms with Gasteiger partial charge >= 0.3 is 0 Å². The second kappa shape index (κ2) is 5.44. The van der Waals surface area contributed by atoms with Gasteiger partial charge in [-0.2, -0.15) is 0 Å². The van der Waals surface area contributed by atoms with Crippen molar-refractivity contribution in [3.8, 4) is 5.75 Å². The summed E-state index contributed by atoms with van der Waals surface area (Å²) in [5.74, 6) is 1.07. The first-order valence-corrected chi connectivity index (χ1v) is 7.31. The molecule has 4 nitrogen and oxygen atoms in total. The first-order chi connectivity index (χ1) is 9.69. The molecule has 1 amide bonds. The Balaban J connectivity index is 1.67. The van der Waals surface area contributed by atoms with Gasteiger partial charge in [-0.05, 0) is 37.6 Å². The van der Waals surface area contributed by atoms with Crippen LogP contribution in [0.15, 0.2) is 24.3 Å². The molecule has 4 heteroatoms. The number of benzene rings is 1. The molecule has 0 N–H and O–H groups in total. The number of carbonyl (C=O) groups is 1. The zero-order valence-electron chi connectivity index (χ0n) is 12.2. The van der Waals surface area contributed by atoms with Crippen molar-refractivity contribution in [2.45, 2.75) is 31.3 Å². The molecule has 1 aromatic rings. The molecule has 0 aromatic heterocycles. The molecule has 0 radical (unpaired) electrons. The summed E-state index contributed by atoms with van der Waals surface area (Å²) >= 11 is 0. The molecular weight excluding hydrogens is 252 g/mol. The third-order valence-corrected chi connectivity index (χ3v) is 4.66. The quantitative estimate of drug-likeness (QED) is 0.838. The maximum absolute atomic E-state index is 12.5. The zero-order chi connectivity index (χ0) is 14.1. The van der Waals surface area contributed by atoms with Crippen molar-refractivity contribution in [3.05, 3.63) is 29.8 Å². The lowest BCUT2D eigenvalue weighted by Crippen LogP contribution is -2.39. The van der Waals surface area contributed by atoms with Gasteiger partial charge in [0.1, 0.15) is 5.75 Å². The normalized spacial score (nSPS) is 25.8. The van der Waals surface area contributed by atoms with E-state index in [-0.39, 0.29) is 5.91 Å². The van der Waals surface area contributed by atoms with Crippen LogP contribution in [-0.4, -0.2) is 55.0 Å². The fraction of sp³-hybridized carbons (Fsp3) is 0.562. The molecule has 2 saturated heterocycles. The molecule has 0 unspecified atom stereocenters. The molecule has 0 saturated carbocycles. The Kier molecular flexibility index (Phi) is 3.66. The van der Waals surface area contributed by atoms with E-state index in [1.165, 1.54) is 0 Å². The molecule has 0 spiro atoms. The molecule has 2 aliphatic rings. The first kappa shape index (κ1) is 13.4. The van der Waals surface area contributed by atoms with E-state index in [1.54, 1.807) is 7.11 Å². The van der Waals surface area contributed by atoms with E-state index < -0.39 is 0 Å². The maximum Gasteiger partial charge on any atom is 0.227 e. The van der Waals surface area contributed by atoms with Gasteiger partial charge in [0.15, 0.2) is 0 Å². The Labute approximate surface area is 120 Å². The predicted octanol–water partition coefficient (Wildman–Crippen LogP) is 1.54. The molecule has 2 aliphatic heterocycles. The van der Waals surface area contributed by atoms with Crippen LogP contribution in [0.1, 0.15) is 18.4 Å². The Hall–Kier alpha value is -1.55. The Morgan fingerprint density at radius 2 is 2.10 bits per heavy atom. The molecule has 2 atom stereocenters. The lowest BCUT2D eigenvalue weighted by Gasteiger charge is -2.24. The van der Waals surface area contributed by atoms with Crippen molar-refractivity contribution in [2.75, 3.05) is 27.2 Å². The van der Waals surface area contributed by atoms with Gasteiger partial charge in [0.25, 0.3) is 0 Å². The van der Waals surface area contributed by atoms with Crippen LogP contribution >= 0.6 is 0 Å². The fourth-order valence-corrected chi connectivity index (χ4v) is 3.57. The van der Waals surface area contributed by atoms with Crippen molar-refractivity contribution >= 4 is 5.91 Å². The van der Waals surface area contributed by atoms with E-state index in [1.807, 2.05) is 24.3 Å². The Bertz CT molecular complexity index is 503. The van der Waals surface area contributed by atoms with Crippen LogP contribution in [-0.2, 0) is 11.2 Å². The highest BCUT2D eigenvalue weighted by Crippen LogP contribution is 2.30. The monoisotopic (exact) mass is 274 g/mol. The number of nitrogens with zero attached hydrogens (tertiary/aromatic N) is 2. The minimum atomic E-state index is 0.251. The van der Waals surface area contributed by atoms with Crippen LogP contribution in [0.3, 0.4) is 0 Å². The van der Waals surface area contributed by atoms with Gasteiger partial charge in [-0.3, -0.25) is 4.79 Å². The first-order valence-electron chi connectivity index (χ1n) is 7.31. The average molecular weight is 274 g/mol. The van der Waals surface area contributed by atoms with Gasteiger partial charge in [-0.25, -0.2) is 0 Å². The van der Waals surface area contributed by atoms with E-state index in [0.717, 1.165) is 37.2 Å². The second-order valence-corrected chi connectivity index (χ2v) is 5.81. The van der Waals surface area contributed by atoms with Crippen LogP contribution in [0, 0.1) is 0 Å². The highest BCUT2D eigenvalue weighted by molar-refractivity contribution is 5.79. The maximum atomic E-state index is 12.5. The summed E-state index contributed by atoms with van der Waals surface area (Å²) in [4.78, 5) is 17.0. The van der Waals surface area contributed by atoms with E-state index in [9.17, 15) is 4.79 Å². The van der Waals surface area contributed by atoms with Gasteiger partial charge < -0.3 is 14.5 Å². The van der Waals surface area contributed by atoms with Crippen molar-refractivity contribution in [2.24, 2.45) is 0 Å². The van der Waals surface area contributed by atoms with E-state index in [2.05, 4.69) is 16.8 Å². The van der Waals surface area contributed by atoms with Crippen molar-refractivity contribution in [1.29, 1.82) is 0 Å². The zero-order valence-corrected chi connectivity index (χ0v) is 12.2. The lowest BCUT2D eigenvalue weighted by atomic mass is 10.1. The fourth-order valence-electron chi connectivity index (χ4n) is 3.57. The number of amides is 1. The summed E-state index contributed by atoms with van der Waals surface area (Å²) in [6, 6.07) is 8.80. The van der Waals surface area contributed by atoms with Crippen molar-refractivity contribution in [1.82, 2.24) is 9.80 Å². The lowest BCUT2D eigenvalue weighted by molar-refractivity contribution is -0.131. The molecule has 2 heterocycles. The Morgan fingerprint density at radius 1 is 1.30 bits per heavy atom. The summed E-state index contributed by atoms with van der Waals surface area (Å²) in [7, 11) is 3.82. The van der Waals surface area contributed by atoms with Crippen LogP contribution in [0.2, 0.25) is 0 Å².